The number of rotatable bonds is 3. The van der Waals surface area contributed by atoms with E-state index in [1.807, 2.05) is 4.90 Å². The summed E-state index contributed by atoms with van der Waals surface area (Å²) in [5.74, 6) is 0.605. The van der Waals surface area contributed by atoms with Gasteiger partial charge in [-0.05, 0) is 12.1 Å². The molecule has 0 atom stereocenters. The van der Waals surface area contributed by atoms with Crippen molar-refractivity contribution in [3.63, 3.8) is 0 Å². The van der Waals surface area contributed by atoms with Crippen molar-refractivity contribution in [3.05, 3.63) is 58.4 Å². The van der Waals surface area contributed by atoms with Crippen LogP contribution in [0.25, 0.3) is 4.85 Å². The summed E-state index contributed by atoms with van der Waals surface area (Å²) >= 11 is 6.16. The number of carbonyl (C=O) groups is 1. The van der Waals surface area contributed by atoms with Crippen molar-refractivity contribution in [1.29, 1.82) is 0 Å². The summed E-state index contributed by atoms with van der Waals surface area (Å²) in [7, 11) is 0. The summed E-state index contributed by atoms with van der Waals surface area (Å²) < 4.78 is 6.31. The van der Waals surface area contributed by atoms with Crippen LogP contribution in [0, 0.1) is 17.4 Å². The van der Waals surface area contributed by atoms with E-state index in [9.17, 15) is 4.79 Å². The first-order valence-electron chi connectivity index (χ1n) is 9.11. The number of hydrogen-bond acceptors (Lipinski definition) is 4. The van der Waals surface area contributed by atoms with Crippen molar-refractivity contribution in [3.8, 4) is 5.75 Å². The van der Waals surface area contributed by atoms with Crippen molar-refractivity contribution in [2.75, 3.05) is 0 Å². The van der Waals surface area contributed by atoms with E-state index < -0.39 is 0 Å². The zero-order valence-electron chi connectivity index (χ0n) is 16.2. The molecule has 1 aromatic heterocycles. The van der Waals surface area contributed by atoms with E-state index in [0.717, 1.165) is 5.69 Å². The highest BCUT2D eigenvalue weighted by Crippen LogP contribution is 2.59. The molecule has 0 saturated heterocycles. The van der Waals surface area contributed by atoms with Crippen molar-refractivity contribution in [2.45, 2.75) is 46.4 Å². The van der Waals surface area contributed by atoms with Gasteiger partial charge in [-0.3, -0.25) is 4.79 Å². The number of halogens is 1. The van der Waals surface area contributed by atoms with Gasteiger partial charge < -0.3 is 9.64 Å². The van der Waals surface area contributed by atoms with Gasteiger partial charge in [-0.2, -0.15) is 0 Å². The fraction of sp³-hybridized carbons (Fsp3) is 0.429. The van der Waals surface area contributed by atoms with Crippen molar-refractivity contribution >= 4 is 23.2 Å². The molecule has 1 fully saturated rings. The molecule has 0 radical (unpaired) electrons. The van der Waals surface area contributed by atoms with E-state index in [4.69, 9.17) is 22.9 Å². The molecule has 144 valence electrons. The average Bonchev–Trinajstić information content (AvgIpc) is 2.95. The lowest BCUT2D eigenvalue weighted by atomic mass is 9.49. The number of aromatic nitrogens is 2. The molecule has 2 aromatic rings. The highest BCUT2D eigenvalue weighted by molar-refractivity contribution is 6.33. The Kier molecular flexibility index (Phi) is 4.13. The third-order valence-corrected chi connectivity index (χ3v) is 6.28. The highest BCUT2D eigenvalue weighted by Gasteiger charge is 2.67. The Hall–Kier alpha value is -2.65. The Labute approximate surface area is 169 Å². The molecule has 1 amide bonds. The first kappa shape index (κ1) is 18.7. The van der Waals surface area contributed by atoms with Gasteiger partial charge in [-0.15, -0.1) is 0 Å². The number of hydrogen-bond donors (Lipinski definition) is 0. The molecule has 0 N–H and O–H groups in total. The second-order valence-electron chi connectivity index (χ2n) is 8.58. The van der Waals surface area contributed by atoms with Crippen LogP contribution in [0.3, 0.4) is 0 Å². The average molecular weight is 397 g/mol. The maximum atomic E-state index is 12.9. The fourth-order valence-electron chi connectivity index (χ4n) is 5.26. The molecule has 28 heavy (non-hydrogen) atoms. The summed E-state index contributed by atoms with van der Waals surface area (Å²) in [6.07, 6.45) is 2.95. The zero-order valence-corrected chi connectivity index (χ0v) is 17.0. The van der Waals surface area contributed by atoms with E-state index >= 15 is 0 Å². The van der Waals surface area contributed by atoms with Crippen LogP contribution in [0.5, 0.6) is 5.75 Å². The topological polar surface area (TPSA) is 59.7 Å². The Morgan fingerprint density at radius 2 is 2.00 bits per heavy atom. The predicted molar refractivity (Wildman–Crippen MR) is 105 cm³/mol. The number of ether oxygens (including phenoxy) is 1. The Balaban J connectivity index is 1.60. The standard InChI is InChI=1S/C21H21ClN4O2/c1-20(2)18(26-10-16-13(17(26)27)9-24-11-25-16)21(3,4)19(20)28-12-6-7-15(23-5)14(22)8-12/h6-9,11,18-19H,10H2,1-4H3. The van der Waals surface area contributed by atoms with Gasteiger partial charge in [-0.1, -0.05) is 45.4 Å². The molecule has 1 aliphatic heterocycles. The summed E-state index contributed by atoms with van der Waals surface area (Å²) in [6.45, 7) is 16.1. The van der Waals surface area contributed by atoms with E-state index in [-0.39, 0.29) is 28.9 Å². The second-order valence-corrected chi connectivity index (χ2v) is 8.99. The minimum atomic E-state index is -0.278. The van der Waals surface area contributed by atoms with Gasteiger partial charge in [0.25, 0.3) is 5.91 Å². The minimum Gasteiger partial charge on any atom is -0.489 e. The van der Waals surface area contributed by atoms with Crippen molar-refractivity contribution in [1.82, 2.24) is 14.9 Å². The molecular weight excluding hydrogens is 376 g/mol. The van der Waals surface area contributed by atoms with Gasteiger partial charge in [0, 0.05) is 23.1 Å². The van der Waals surface area contributed by atoms with Gasteiger partial charge in [0.05, 0.1) is 29.4 Å². The predicted octanol–water partition coefficient (Wildman–Crippen LogP) is 4.52. The molecule has 1 saturated carbocycles. The molecule has 2 heterocycles. The molecule has 0 bridgehead atoms. The maximum absolute atomic E-state index is 12.9. The maximum Gasteiger partial charge on any atom is 0.257 e. The normalized spacial score (nSPS) is 24.3. The molecule has 0 spiro atoms. The van der Waals surface area contributed by atoms with Crippen LogP contribution in [0.4, 0.5) is 5.69 Å². The Morgan fingerprint density at radius 1 is 1.29 bits per heavy atom. The monoisotopic (exact) mass is 396 g/mol. The number of amides is 1. The summed E-state index contributed by atoms with van der Waals surface area (Å²) in [6, 6.07) is 5.11. The van der Waals surface area contributed by atoms with Crippen LogP contribution in [-0.4, -0.2) is 32.9 Å². The molecule has 2 aliphatic rings. The van der Waals surface area contributed by atoms with Crippen molar-refractivity contribution < 1.29 is 9.53 Å². The number of carbonyl (C=O) groups excluding carboxylic acids is 1. The van der Waals surface area contributed by atoms with Crippen LogP contribution in [-0.2, 0) is 6.54 Å². The van der Waals surface area contributed by atoms with Crippen LogP contribution in [0.15, 0.2) is 30.7 Å². The van der Waals surface area contributed by atoms with Crippen LogP contribution < -0.4 is 4.74 Å². The van der Waals surface area contributed by atoms with Crippen LogP contribution in [0.2, 0.25) is 5.02 Å². The summed E-state index contributed by atoms with van der Waals surface area (Å²) in [5.41, 5.74) is 1.21. The van der Waals surface area contributed by atoms with E-state index in [2.05, 4.69) is 42.5 Å². The second kappa shape index (κ2) is 6.18. The van der Waals surface area contributed by atoms with E-state index in [0.29, 0.717) is 28.6 Å². The SMILES string of the molecule is [C-]#[N+]c1ccc(OC2C(C)(C)C(N3Cc4ncncc4C3=O)C2(C)C)cc1Cl. The molecule has 1 aromatic carbocycles. The molecule has 1 aliphatic carbocycles. The zero-order chi connectivity index (χ0) is 20.3. The van der Waals surface area contributed by atoms with Gasteiger partial charge in [-0.25, -0.2) is 14.8 Å². The van der Waals surface area contributed by atoms with E-state index in [1.165, 1.54) is 6.33 Å². The van der Waals surface area contributed by atoms with Gasteiger partial charge >= 0.3 is 0 Å². The largest absolute Gasteiger partial charge is 0.489 e. The summed E-state index contributed by atoms with van der Waals surface area (Å²) in [4.78, 5) is 26.5. The highest BCUT2D eigenvalue weighted by atomic mass is 35.5. The third kappa shape index (κ3) is 2.57. The van der Waals surface area contributed by atoms with Crippen LogP contribution >= 0.6 is 11.6 Å². The van der Waals surface area contributed by atoms with E-state index in [1.54, 1.807) is 24.4 Å². The van der Waals surface area contributed by atoms with Gasteiger partial charge in [0.1, 0.15) is 18.2 Å². The molecule has 4 rings (SSSR count). The Bertz CT molecular complexity index is 996. The lowest BCUT2D eigenvalue weighted by Gasteiger charge is -2.65. The fourth-order valence-corrected chi connectivity index (χ4v) is 5.47. The molecular formula is C21H21ClN4O2. The summed E-state index contributed by atoms with van der Waals surface area (Å²) in [5, 5.41) is 0.378. The Morgan fingerprint density at radius 3 is 2.61 bits per heavy atom. The number of nitrogens with zero attached hydrogens (tertiary/aromatic N) is 4. The molecule has 7 heteroatoms. The van der Waals surface area contributed by atoms with Gasteiger partial charge in [0.2, 0.25) is 5.69 Å². The lowest BCUT2D eigenvalue weighted by Crippen LogP contribution is -2.74. The molecule has 6 nitrogen and oxygen atoms in total. The molecule has 0 unspecified atom stereocenters. The van der Waals surface area contributed by atoms with Crippen LogP contribution in [0.1, 0.15) is 43.7 Å². The quantitative estimate of drug-likeness (QED) is 0.716. The minimum absolute atomic E-state index is 0.00955. The third-order valence-electron chi connectivity index (χ3n) is 5.97. The first-order valence-corrected chi connectivity index (χ1v) is 9.49. The smallest absolute Gasteiger partial charge is 0.257 e. The van der Waals surface area contributed by atoms with Gasteiger partial charge in [0.15, 0.2) is 0 Å². The lowest BCUT2D eigenvalue weighted by molar-refractivity contribution is -0.199. The number of fused-ring (bicyclic) bond motifs is 1. The number of benzene rings is 1. The van der Waals surface area contributed by atoms with Crippen molar-refractivity contribution in [2.24, 2.45) is 10.8 Å². The first-order chi connectivity index (χ1) is 13.2.